The Labute approximate surface area is 248 Å². The summed E-state index contributed by atoms with van der Waals surface area (Å²) in [5, 5.41) is 4.08. The third-order valence-corrected chi connectivity index (χ3v) is 6.64. The molecule has 11 heteroatoms. The third kappa shape index (κ3) is 7.11. The molecule has 0 spiro atoms. The van der Waals surface area contributed by atoms with Gasteiger partial charge >= 0.3 is 0 Å². The quantitative estimate of drug-likeness (QED) is 0.260. The van der Waals surface area contributed by atoms with Crippen LogP contribution in [0.25, 0.3) is 10.9 Å². The van der Waals surface area contributed by atoms with E-state index in [2.05, 4.69) is 27.1 Å². The number of nitrogen functional groups attached to an aromatic ring is 1. The van der Waals surface area contributed by atoms with Crippen molar-refractivity contribution in [2.24, 2.45) is 0 Å². The number of anilines is 2. The lowest BCUT2D eigenvalue weighted by Crippen LogP contribution is -2.19. The number of benzene rings is 3. The first-order chi connectivity index (χ1) is 19.6. The maximum absolute atomic E-state index is 13.1. The highest BCUT2D eigenvalue weighted by Crippen LogP contribution is 2.36. The molecule has 0 aliphatic rings. The molecule has 0 saturated carbocycles. The summed E-state index contributed by atoms with van der Waals surface area (Å²) in [5.74, 6) is 7.31. The number of fused-ring (bicyclic) bond motifs is 1. The van der Waals surface area contributed by atoms with Gasteiger partial charge in [0, 0.05) is 34.8 Å². The van der Waals surface area contributed by atoms with Crippen LogP contribution in [0.15, 0.2) is 42.5 Å². The Balaban J connectivity index is 1.60. The van der Waals surface area contributed by atoms with Crippen LogP contribution in [0.2, 0.25) is 10.0 Å². The van der Waals surface area contributed by atoms with Gasteiger partial charge in [-0.15, -0.1) is 0 Å². The Morgan fingerprint density at radius 3 is 2.34 bits per heavy atom. The van der Waals surface area contributed by atoms with Crippen molar-refractivity contribution in [1.82, 2.24) is 14.9 Å². The number of amides is 1. The maximum Gasteiger partial charge on any atom is 0.255 e. The minimum Gasteiger partial charge on any atom is -0.493 e. The minimum atomic E-state index is -0.352. The largest absolute Gasteiger partial charge is 0.493 e. The number of carbonyl (C=O) groups is 1. The van der Waals surface area contributed by atoms with E-state index >= 15 is 0 Å². The second kappa shape index (κ2) is 13.0. The smallest absolute Gasteiger partial charge is 0.255 e. The second-order valence-corrected chi connectivity index (χ2v) is 10.1. The van der Waals surface area contributed by atoms with Crippen LogP contribution in [0.3, 0.4) is 0 Å². The zero-order valence-electron chi connectivity index (χ0n) is 23.3. The molecular weight excluding hydrogens is 565 g/mol. The molecule has 1 amide bonds. The zero-order valence-corrected chi connectivity index (χ0v) is 24.8. The highest BCUT2D eigenvalue weighted by atomic mass is 35.5. The summed E-state index contributed by atoms with van der Waals surface area (Å²) < 4.78 is 16.5. The molecule has 9 nitrogen and oxygen atoms in total. The lowest BCUT2D eigenvalue weighted by atomic mass is 10.0. The summed E-state index contributed by atoms with van der Waals surface area (Å²) in [4.78, 5) is 23.7. The van der Waals surface area contributed by atoms with E-state index in [0.29, 0.717) is 73.9 Å². The first kappa shape index (κ1) is 29.7. The summed E-state index contributed by atoms with van der Waals surface area (Å²) in [6.45, 7) is 3.03. The highest BCUT2D eigenvalue weighted by molar-refractivity contribution is 6.37. The molecule has 0 bridgehead atoms. The molecule has 4 aromatic rings. The number of nitrogens with two attached hydrogens (primary N) is 1. The monoisotopic (exact) mass is 593 g/mol. The van der Waals surface area contributed by atoms with Gasteiger partial charge in [0.25, 0.3) is 5.91 Å². The molecule has 3 aromatic carbocycles. The molecular formula is C30H29Cl2N5O4. The Kier molecular flexibility index (Phi) is 9.40. The molecule has 0 aliphatic heterocycles. The number of carbonyl (C=O) groups excluding carboxylic acids is 1. The SMILES string of the molecule is COc1cc2nc(N)nc(C#Cc3cc(C(=O)Nc4cc(Cl)c(OCCN(C)C)c(Cl)c4)ccc3C)c2cc1OC. The maximum atomic E-state index is 13.1. The predicted octanol–water partition coefficient (Wildman–Crippen LogP) is 5.44. The van der Waals surface area contributed by atoms with E-state index in [0.717, 1.165) is 5.56 Å². The number of aryl methyl sites for hydroxylation is 1. The van der Waals surface area contributed by atoms with Crippen molar-refractivity contribution in [3.8, 4) is 29.1 Å². The number of methoxy groups -OCH3 is 2. The van der Waals surface area contributed by atoms with E-state index in [1.165, 1.54) is 0 Å². The summed E-state index contributed by atoms with van der Waals surface area (Å²) in [5.41, 5.74) is 9.29. The van der Waals surface area contributed by atoms with Crippen molar-refractivity contribution in [1.29, 1.82) is 0 Å². The van der Waals surface area contributed by atoms with Crippen molar-refractivity contribution in [2.75, 3.05) is 52.5 Å². The van der Waals surface area contributed by atoms with Gasteiger partial charge in [-0.2, -0.15) is 0 Å². The van der Waals surface area contributed by atoms with Crippen molar-refractivity contribution in [3.05, 3.63) is 74.9 Å². The van der Waals surface area contributed by atoms with Crippen LogP contribution in [0.5, 0.6) is 17.2 Å². The van der Waals surface area contributed by atoms with E-state index in [4.69, 9.17) is 43.1 Å². The molecule has 4 rings (SSSR count). The van der Waals surface area contributed by atoms with E-state index in [1.54, 1.807) is 50.6 Å². The molecule has 1 aromatic heterocycles. The Bertz CT molecular complexity index is 1660. The Morgan fingerprint density at radius 1 is 1.00 bits per heavy atom. The number of nitrogens with one attached hydrogen (secondary N) is 1. The molecule has 41 heavy (non-hydrogen) atoms. The topological polar surface area (TPSA) is 112 Å². The number of aromatic nitrogens is 2. The van der Waals surface area contributed by atoms with Crippen LogP contribution in [-0.4, -0.2) is 62.2 Å². The molecule has 1 heterocycles. The predicted molar refractivity (Wildman–Crippen MR) is 163 cm³/mol. The van der Waals surface area contributed by atoms with Crippen LogP contribution in [0.1, 0.15) is 27.2 Å². The average Bonchev–Trinajstić information content (AvgIpc) is 2.92. The van der Waals surface area contributed by atoms with Crippen LogP contribution < -0.4 is 25.3 Å². The molecule has 0 saturated heterocycles. The molecule has 0 aliphatic carbocycles. The van der Waals surface area contributed by atoms with E-state index in [-0.39, 0.29) is 11.9 Å². The molecule has 0 unspecified atom stereocenters. The van der Waals surface area contributed by atoms with E-state index < -0.39 is 0 Å². The van der Waals surface area contributed by atoms with Gasteiger partial charge in [0.1, 0.15) is 12.3 Å². The van der Waals surface area contributed by atoms with E-state index in [1.807, 2.05) is 32.0 Å². The molecule has 0 atom stereocenters. The summed E-state index contributed by atoms with van der Waals surface area (Å²) in [6.07, 6.45) is 0. The fraction of sp³-hybridized carbons (Fsp3) is 0.233. The normalized spacial score (nSPS) is 10.7. The number of nitrogens with zero attached hydrogens (tertiary/aromatic N) is 3. The first-order valence-corrected chi connectivity index (χ1v) is 13.2. The van der Waals surface area contributed by atoms with Gasteiger partial charge in [0.15, 0.2) is 17.2 Å². The van der Waals surface area contributed by atoms with Crippen molar-refractivity contribution >= 4 is 51.6 Å². The van der Waals surface area contributed by atoms with Crippen molar-refractivity contribution < 1.29 is 19.0 Å². The number of halogens is 2. The lowest BCUT2D eigenvalue weighted by Gasteiger charge is -2.14. The number of likely N-dealkylation sites (N-methyl/N-ethyl adjacent to an activating group) is 1. The lowest BCUT2D eigenvalue weighted by molar-refractivity contribution is 0.102. The second-order valence-electron chi connectivity index (χ2n) is 9.31. The van der Waals surface area contributed by atoms with Crippen LogP contribution in [-0.2, 0) is 0 Å². The number of hydrogen-bond donors (Lipinski definition) is 2. The highest BCUT2D eigenvalue weighted by Gasteiger charge is 2.15. The van der Waals surface area contributed by atoms with Gasteiger partial charge in [0.05, 0.1) is 29.8 Å². The van der Waals surface area contributed by atoms with Crippen LogP contribution in [0, 0.1) is 18.8 Å². The van der Waals surface area contributed by atoms with Crippen LogP contribution in [0.4, 0.5) is 11.6 Å². The van der Waals surface area contributed by atoms with Crippen LogP contribution >= 0.6 is 23.2 Å². The number of ether oxygens (including phenoxy) is 3. The van der Waals surface area contributed by atoms with Gasteiger partial charge < -0.3 is 30.2 Å². The number of hydrogen-bond acceptors (Lipinski definition) is 8. The fourth-order valence-corrected chi connectivity index (χ4v) is 4.49. The van der Waals surface area contributed by atoms with Gasteiger partial charge in [-0.05, 0) is 62.8 Å². The standard InChI is InChI=1S/C30H29Cl2N5O4/c1-17-6-7-19(29(38)34-20-13-22(31)28(23(32)14-20)41-11-10-37(2)3)12-18(17)8-9-24-21-15-26(39-4)27(40-5)16-25(21)36-30(33)35-24/h6-7,12-16H,10-11H2,1-5H3,(H,34,38)(H2,33,35,36). The average molecular weight is 594 g/mol. The molecule has 0 radical (unpaired) electrons. The van der Waals surface area contributed by atoms with Gasteiger partial charge in [-0.3, -0.25) is 4.79 Å². The molecule has 212 valence electrons. The Hall–Kier alpha value is -4.23. The zero-order chi connectivity index (χ0) is 29.7. The van der Waals surface area contributed by atoms with E-state index in [9.17, 15) is 4.79 Å². The van der Waals surface area contributed by atoms with Gasteiger partial charge in [0.2, 0.25) is 5.95 Å². The Morgan fingerprint density at radius 2 is 1.68 bits per heavy atom. The summed E-state index contributed by atoms with van der Waals surface area (Å²) in [7, 11) is 6.97. The van der Waals surface area contributed by atoms with Crippen molar-refractivity contribution in [2.45, 2.75) is 6.92 Å². The minimum absolute atomic E-state index is 0.0744. The van der Waals surface area contributed by atoms with Gasteiger partial charge in [-0.25, -0.2) is 9.97 Å². The summed E-state index contributed by atoms with van der Waals surface area (Å²) in [6, 6.07) is 11.9. The first-order valence-electron chi connectivity index (χ1n) is 12.5. The molecule has 3 N–H and O–H groups in total. The summed E-state index contributed by atoms with van der Waals surface area (Å²) >= 11 is 12.8. The molecule has 0 fully saturated rings. The van der Waals surface area contributed by atoms with Crippen molar-refractivity contribution in [3.63, 3.8) is 0 Å². The fourth-order valence-electron chi connectivity index (χ4n) is 3.90. The number of rotatable bonds is 8. The van der Waals surface area contributed by atoms with Gasteiger partial charge in [-0.1, -0.05) is 35.2 Å². The third-order valence-electron chi connectivity index (χ3n) is 6.07.